The molecule has 0 atom stereocenters. The van der Waals surface area contributed by atoms with Crippen LogP contribution in [0.1, 0.15) is 23.0 Å². The molecule has 0 spiro atoms. The Labute approximate surface area is 104 Å². The molecule has 0 aliphatic heterocycles. The maximum absolute atomic E-state index is 11.6. The maximum Gasteiger partial charge on any atom is 0.360 e. The van der Waals surface area contributed by atoms with Gasteiger partial charge in [-0.2, -0.15) is 0 Å². The standard InChI is InChI=1S/C12H11ClN2O2/c1-3-17-12(16)11-9(13)8-6-4-5-7(2)10(8)14-15-11/h4-6H,3H2,1-2H3. The van der Waals surface area contributed by atoms with Crippen molar-refractivity contribution in [2.75, 3.05) is 6.61 Å². The second kappa shape index (κ2) is 4.67. The van der Waals surface area contributed by atoms with Gasteiger partial charge in [-0.05, 0) is 19.4 Å². The number of halogens is 1. The third-order valence-electron chi connectivity index (χ3n) is 2.40. The van der Waals surface area contributed by atoms with E-state index in [0.29, 0.717) is 10.9 Å². The average Bonchev–Trinajstić information content (AvgIpc) is 2.31. The third kappa shape index (κ3) is 2.08. The summed E-state index contributed by atoms with van der Waals surface area (Å²) in [6, 6.07) is 5.58. The lowest BCUT2D eigenvalue weighted by atomic mass is 10.1. The van der Waals surface area contributed by atoms with Crippen LogP contribution in [0.3, 0.4) is 0 Å². The lowest BCUT2D eigenvalue weighted by Crippen LogP contribution is -2.09. The first-order chi connectivity index (χ1) is 8.15. The zero-order valence-corrected chi connectivity index (χ0v) is 10.3. The number of nitrogens with zero attached hydrogens (tertiary/aromatic N) is 2. The van der Waals surface area contributed by atoms with E-state index in [1.54, 1.807) is 6.92 Å². The van der Waals surface area contributed by atoms with E-state index in [2.05, 4.69) is 10.2 Å². The molecular weight excluding hydrogens is 240 g/mol. The van der Waals surface area contributed by atoms with Gasteiger partial charge in [-0.3, -0.25) is 0 Å². The van der Waals surface area contributed by atoms with Crippen LogP contribution in [0, 0.1) is 6.92 Å². The van der Waals surface area contributed by atoms with Crippen molar-refractivity contribution in [2.24, 2.45) is 0 Å². The monoisotopic (exact) mass is 250 g/mol. The number of hydrogen-bond acceptors (Lipinski definition) is 4. The molecular formula is C12H11ClN2O2. The molecule has 0 aliphatic carbocycles. The molecule has 0 fully saturated rings. The van der Waals surface area contributed by atoms with Gasteiger partial charge < -0.3 is 4.74 Å². The van der Waals surface area contributed by atoms with Crippen LogP contribution in [0.5, 0.6) is 0 Å². The van der Waals surface area contributed by atoms with Crippen molar-refractivity contribution < 1.29 is 9.53 Å². The number of rotatable bonds is 2. The first-order valence-corrected chi connectivity index (χ1v) is 5.61. The molecule has 1 aromatic heterocycles. The van der Waals surface area contributed by atoms with Gasteiger partial charge in [-0.1, -0.05) is 29.8 Å². The van der Waals surface area contributed by atoms with Crippen LogP contribution >= 0.6 is 11.6 Å². The molecule has 0 saturated carbocycles. The molecule has 1 heterocycles. The van der Waals surface area contributed by atoms with E-state index in [1.807, 2.05) is 25.1 Å². The minimum atomic E-state index is -0.548. The number of fused-ring (bicyclic) bond motifs is 1. The van der Waals surface area contributed by atoms with Gasteiger partial charge in [-0.15, -0.1) is 10.2 Å². The highest BCUT2D eigenvalue weighted by atomic mass is 35.5. The minimum absolute atomic E-state index is 0.0617. The number of aromatic nitrogens is 2. The lowest BCUT2D eigenvalue weighted by molar-refractivity contribution is 0.0518. The Hall–Kier alpha value is -1.68. The first-order valence-electron chi connectivity index (χ1n) is 5.23. The van der Waals surface area contributed by atoms with Crippen molar-refractivity contribution in [3.63, 3.8) is 0 Å². The fourth-order valence-electron chi connectivity index (χ4n) is 1.57. The highest BCUT2D eigenvalue weighted by Gasteiger charge is 2.17. The molecule has 0 bridgehead atoms. The van der Waals surface area contributed by atoms with Crippen molar-refractivity contribution in [1.82, 2.24) is 10.2 Å². The van der Waals surface area contributed by atoms with Crippen LogP contribution in [0.4, 0.5) is 0 Å². The quantitative estimate of drug-likeness (QED) is 0.769. The Bertz CT molecular complexity index is 584. The molecule has 1 aromatic carbocycles. The second-order valence-corrected chi connectivity index (χ2v) is 3.93. The summed E-state index contributed by atoms with van der Waals surface area (Å²) in [4.78, 5) is 11.6. The van der Waals surface area contributed by atoms with Crippen LogP contribution in [0.15, 0.2) is 18.2 Å². The molecule has 0 amide bonds. The van der Waals surface area contributed by atoms with Gasteiger partial charge in [0.05, 0.1) is 17.1 Å². The molecule has 0 radical (unpaired) electrons. The topological polar surface area (TPSA) is 52.1 Å². The number of ether oxygens (including phenoxy) is 1. The van der Waals surface area contributed by atoms with E-state index in [1.165, 1.54) is 0 Å². The van der Waals surface area contributed by atoms with Gasteiger partial charge in [0.2, 0.25) is 0 Å². The minimum Gasteiger partial charge on any atom is -0.461 e. The predicted octanol–water partition coefficient (Wildman–Crippen LogP) is 2.77. The van der Waals surface area contributed by atoms with Crippen molar-refractivity contribution >= 4 is 28.5 Å². The molecule has 88 valence electrons. The Morgan fingerprint density at radius 2 is 2.18 bits per heavy atom. The molecule has 2 rings (SSSR count). The molecule has 17 heavy (non-hydrogen) atoms. The van der Waals surface area contributed by atoms with Gasteiger partial charge in [0.1, 0.15) is 0 Å². The Kier molecular flexibility index (Phi) is 3.24. The largest absolute Gasteiger partial charge is 0.461 e. The fraction of sp³-hybridized carbons (Fsp3) is 0.250. The first kappa shape index (κ1) is 11.8. The van der Waals surface area contributed by atoms with E-state index < -0.39 is 5.97 Å². The number of aryl methyl sites for hydroxylation is 1. The van der Waals surface area contributed by atoms with Crippen molar-refractivity contribution in [1.29, 1.82) is 0 Å². The average molecular weight is 251 g/mol. The Morgan fingerprint density at radius 3 is 2.88 bits per heavy atom. The van der Waals surface area contributed by atoms with Crippen LogP contribution in [0.25, 0.3) is 10.9 Å². The fourth-order valence-corrected chi connectivity index (χ4v) is 1.84. The van der Waals surface area contributed by atoms with Crippen LogP contribution in [0.2, 0.25) is 5.02 Å². The van der Waals surface area contributed by atoms with Crippen molar-refractivity contribution in [2.45, 2.75) is 13.8 Å². The van der Waals surface area contributed by atoms with Gasteiger partial charge in [0.15, 0.2) is 5.69 Å². The predicted molar refractivity (Wildman–Crippen MR) is 65.2 cm³/mol. The van der Waals surface area contributed by atoms with Crippen molar-refractivity contribution in [3.05, 3.63) is 34.5 Å². The number of esters is 1. The third-order valence-corrected chi connectivity index (χ3v) is 2.78. The molecule has 5 heteroatoms. The number of carbonyl (C=O) groups is 1. The molecule has 0 N–H and O–H groups in total. The summed E-state index contributed by atoms with van der Waals surface area (Å²) in [7, 11) is 0. The number of benzene rings is 1. The summed E-state index contributed by atoms with van der Waals surface area (Å²) in [5.41, 5.74) is 1.73. The van der Waals surface area contributed by atoms with Gasteiger partial charge >= 0.3 is 5.97 Å². The highest BCUT2D eigenvalue weighted by molar-refractivity contribution is 6.37. The molecule has 0 aliphatic rings. The summed E-state index contributed by atoms with van der Waals surface area (Å²) < 4.78 is 4.86. The number of carbonyl (C=O) groups excluding carboxylic acids is 1. The SMILES string of the molecule is CCOC(=O)c1nnc2c(C)cccc2c1Cl. The van der Waals surface area contributed by atoms with Gasteiger partial charge in [0, 0.05) is 5.39 Å². The zero-order valence-electron chi connectivity index (χ0n) is 9.53. The summed E-state index contributed by atoms with van der Waals surface area (Å²) in [6.45, 7) is 3.92. The van der Waals surface area contributed by atoms with Crippen LogP contribution < -0.4 is 0 Å². The molecule has 2 aromatic rings. The van der Waals surface area contributed by atoms with E-state index in [4.69, 9.17) is 16.3 Å². The van der Waals surface area contributed by atoms with E-state index in [0.717, 1.165) is 5.56 Å². The molecule has 4 nitrogen and oxygen atoms in total. The second-order valence-electron chi connectivity index (χ2n) is 3.55. The smallest absolute Gasteiger partial charge is 0.360 e. The Balaban J connectivity index is 2.62. The molecule has 0 saturated heterocycles. The van der Waals surface area contributed by atoms with E-state index in [9.17, 15) is 4.79 Å². The summed E-state index contributed by atoms with van der Waals surface area (Å²) in [5, 5.41) is 8.84. The van der Waals surface area contributed by atoms with Crippen LogP contribution in [-0.4, -0.2) is 22.8 Å². The Morgan fingerprint density at radius 1 is 1.41 bits per heavy atom. The zero-order chi connectivity index (χ0) is 12.4. The summed E-state index contributed by atoms with van der Waals surface area (Å²) in [6.07, 6.45) is 0. The lowest BCUT2D eigenvalue weighted by Gasteiger charge is -2.06. The van der Waals surface area contributed by atoms with E-state index >= 15 is 0 Å². The van der Waals surface area contributed by atoms with Gasteiger partial charge in [-0.25, -0.2) is 4.79 Å². The van der Waals surface area contributed by atoms with Crippen LogP contribution in [-0.2, 0) is 4.74 Å². The number of hydrogen-bond donors (Lipinski definition) is 0. The highest BCUT2D eigenvalue weighted by Crippen LogP contribution is 2.26. The molecule has 0 unspecified atom stereocenters. The maximum atomic E-state index is 11.6. The summed E-state index contributed by atoms with van der Waals surface area (Å²) >= 11 is 6.14. The van der Waals surface area contributed by atoms with E-state index in [-0.39, 0.29) is 17.3 Å². The summed E-state index contributed by atoms with van der Waals surface area (Å²) in [5.74, 6) is -0.548. The van der Waals surface area contributed by atoms with Gasteiger partial charge in [0.25, 0.3) is 0 Å². The van der Waals surface area contributed by atoms with Crippen molar-refractivity contribution in [3.8, 4) is 0 Å². The normalized spacial score (nSPS) is 10.5.